The molecule has 2 N–H and O–H groups in total. The third kappa shape index (κ3) is 3.71. The lowest BCUT2D eigenvalue weighted by Crippen LogP contribution is -2.33. The molecule has 0 unspecified atom stereocenters. The summed E-state index contributed by atoms with van der Waals surface area (Å²) in [7, 11) is 1.64. The molecule has 0 saturated carbocycles. The monoisotopic (exact) mass is 331 g/mol. The first-order valence-electron chi connectivity index (χ1n) is 8.42. The van der Waals surface area contributed by atoms with Crippen LogP contribution in [-0.2, 0) is 13.1 Å². The number of aliphatic hydroxyl groups is 1. The molecule has 130 valence electrons. The zero-order valence-electron chi connectivity index (χ0n) is 14.1. The summed E-state index contributed by atoms with van der Waals surface area (Å²) in [6.45, 7) is 3.35. The number of hydrogen-bond acceptors (Lipinski definition) is 5. The van der Waals surface area contributed by atoms with Gasteiger partial charge in [-0.1, -0.05) is 0 Å². The number of rotatable bonds is 6. The van der Waals surface area contributed by atoms with Gasteiger partial charge in [-0.15, -0.1) is 0 Å². The highest BCUT2D eigenvalue weighted by Crippen LogP contribution is 2.30. The van der Waals surface area contributed by atoms with Gasteiger partial charge in [0, 0.05) is 29.9 Å². The standard InChI is InChI=1S/C18H25N3O3/c1-24-16-2-3-18(23)15(12-16)13-20-8-5-14(6-9-20)17-4-7-19-21(17)10-11-22/h2-4,7,12,14,22-23H,5-6,8-11,13H2,1H3. The molecule has 0 bridgehead atoms. The molecular formula is C18H25N3O3. The average molecular weight is 331 g/mol. The maximum atomic E-state index is 10.0. The minimum Gasteiger partial charge on any atom is -0.508 e. The Kier molecular flexibility index (Phi) is 5.37. The van der Waals surface area contributed by atoms with E-state index in [1.54, 1.807) is 19.2 Å². The van der Waals surface area contributed by atoms with E-state index in [0.29, 0.717) is 18.2 Å². The Bertz CT molecular complexity index is 663. The predicted octanol–water partition coefficient (Wildman–Crippen LogP) is 1.97. The van der Waals surface area contributed by atoms with Gasteiger partial charge in [-0.25, -0.2) is 0 Å². The van der Waals surface area contributed by atoms with Gasteiger partial charge in [0.05, 0.1) is 20.3 Å². The highest BCUT2D eigenvalue weighted by atomic mass is 16.5. The van der Waals surface area contributed by atoms with E-state index in [1.807, 2.05) is 16.9 Å². The summed E-state index contributed by atoms with van der Waals surface area (Å²) in [5.74, 6) is 1.57. The summed E-state index contributed by atoms with van der Waals surface area (Å²) in [6.07, 6.45) is 3.93. The van der Waals surface area contributed by atoms with Crippen LogP contribution in [0.1, 0.15) is 30.0 Å². The van der Waals surface area contributed by atoms with Gasteiger partial charge in [-0.05, 0) is 50.2 Å². The minimum atomic E-state index is 0.114. The van der Waals surface area contributed by atoms with E-state index >= 15 is 0 Å². The lowest BCUT2D eigenvalue weighted by molar-refractivity contribution is 0.197. The number of benzene rings is 1. The number of methoxy groups -OCH3 is 1. The fourth-order valence-electron chi connectivity index (χ4n) is 3.41. The Morgan fingerprint density at radius 3 is 2.75 bits per heavy atom. The number of ether oxygens (including phenoxy) is 1. The highest BCUT2D eigenvalue weighted by Gasteiger charge is 2.23. The molecular weight excluding hydrogens is 306 g/mol. The normalized spacial score (nSPS) is 16.4. The molecule has 1 aliphatic rings. The first kappa shape index (κ1) is 16.8. The van der Waals surface area contributed by atoms with Crippen LogP contribution in [0.5, 0.6) is 11.5 Å². The first-order valence-corrected chi connectivity index (χ1v) is 8.42. The molecule has 1 fully saturated rings. The van der Waals surface area contributed by atoms with Gasteiger partial charge in [0.15, 0.2) is 0 Å². The van der Waals surface area contributed by atoms with Crippen molar-refractivity contribution in [3.8, 4) is 11.5 Å². The summed E-state index contributed by atoms with van der Waals surface area (Å²) in [4.78, 5) is 2.36. The molecule has 3 rings (SSSR count). The lowest BCUT2D eigenvalue weighted by atomic mass is 9.93. The molecule has 0 atom stereocenters. The molecule has 1 aliphatic heterocycles. The number of aliphatic hydroxyl groups excluding tert-OH is 1. The third-order valence-electron chi connectivity index (χ3n) is 4.75. The number of aromatic hydroxyl groups is 1. The Balaban J connectivity index is 1.60. The Hall–Kier alpha value is -2.05. The largest absolute Gasteiger partial charge is 0.508 e. The van der Waals surface area contributed by atoms with Crippen molar-refractivity contribution in [1.82, 2.24) is 14.7 Å². The van der Waals surface area contributed by atoms with Gasteiger partial charge in [-0.2, -0.15) is 5.10 Å². The molecule has 24 heavy (non-hydrogen) atoms. The summed E-state index contributed by atoms with van der Waals surface area (Å²) in [5, 5.41) is 23.5. The molecule has 0 aliphatic carbocycles. The van der Waals surface area contributed by atoms with Gasteiger partial charge in [-0.3, -0.25) is 9.58 Å². The number of aromatic nitrogens is 2. The van der Waals surface area contributed by atoms with Crippen LogP contribution < -0.4 is 4.74 Å². The Morgan fingerprint density at radius 1 is 1.25 bits per heavy atom. The van der Waals surface area contributed by atoms with E-state index < -0.39 is 0 Å². The van der Waals surface area contributed by atoms with Crippen molar-refractivity contribution in [2.24, 2.45) is 0 Å². The molecule has 2 heterocycles. The topological polar surface area (TPSA) is 70.8 Å². The van der Waals surface area contributed by atoms with E-state index in [4.69, 9.17) is 9.84 Å². The quantitative estimate of drug-likeness (QED) is 0.847. The third-order valence-corrected chi connectivity index (χ3v) is 4.75. The Morgan fingerprint density at radius 2 is 2.04 bits per heavy atom. The fraction of sp³-hybridized carbons (Fsp3) is 0.500. The second-order valence-electron chi connectivity index (χ2n) is 6.25. The van der Waals surface area contributed by atoms with Crippen molar-refractivity contribution < 1.29 is 14.9 Å². The van der Waals surface area contributed by atoms with Crippen molar-refractivity contribution in [2.75, 3.05) is 26.8 Å². The van der Waals surface area contributed by atoms with E-state index in [-0.39, 0.29) is 6.61 Å². The molecule has 1 aromatic carbocycles. The molecule has 2 aromatic rings. The van der Waals surface area contributed by atoms with Crippen LogP contribution in [-0.4, -0.2) is 51.7 Å². The van der Waals surface area contributed by atoms with E-state index in [0.717, 1.165) is 43.8 Å². The second-order valence-corrected chi connectivity index (χ2v) is 6.25. The zero-order chi connectivity index (χ0) is 16.9. The number of nitrogens with zero attached hydrogens (tertiary/aromatic N) is 3. The summed E-state index contributed by atoms with van der Waals surface area (Å²) < 4.78 is 7.15. The van der Waals surface area contributed by atoms with Gasteiger partial charge in [0.25, 0.3) is 0 Å². The van der Waals surface area contributed by atoms with Gasteiger partial charge >= 0.3 is 0 Å². The van der Waals surface area contributed by atoms with Crippen LogP contribution in [0.25, 0.3) is 0 Å². The fourth-order valence-corrected chi connectivity index (χ4v) is 3.41. The SMILES string of the molecule is COc1ccc(O)c(CN2CCC(c3ccnn3CCO)CC2)c1. The molecule has 0 radical (unpaired) electrons. The van der Waals surface area contributed by atoms with Crippen LogP contribution in [0.2, 0.25) is 0 Å². The smallest absolute Gasteiger partial charge is 0.120 e. The second kappa shape index (κ2) is 7.68. The van der Waals surface area contributed by atoms with Crippen molar-refractivity contribution in [3.63, 3.8) is 0 Å². The summed E-state index contributed by atoms with van der Waals surface area (Å²) >= 11 is 0. The molecule has 0 spiro atoms. The molecule has 6 nitrogen and oxygen atoms in total. The molecule has 0 amide bonds. The van der Waals surface area contributed by atoms with Crippen LogP contribution in [0.3, 0.4) is 0 Å². The van der Waals surface area contributed by atoms with E-state index in [1.165, 1.54) is 5.69 Å². The minimum absolute atomic E-state index is 0.114. The van der Waals surface area contributed by atoms with Crippen molar-refractivity contribution in [3.05, 3.63) is 41.7 Å². The van der Waals surface area contributed by atoms with E-state index in [2.05, 4.69) is 16.1 Å². The molecule has 6 heteroatoms. The summed E-state index contributed by atoms with van der Waals surface area (Å²) in [6, 6.07) is 7.42. The highest BCUT2D eigenvalue weighted by molar-refractivity contribution is 5.39. The number of phenols is 1. The first-order chi connectivity index (χ1) is 11.7. The van der Waals surface area contributed by atoms with Crippen molar-refractivity contribution >= 4 is 0 Å². The molecule has 1 aromatic heterocycles. The predicted molar refractivity (Wildman–Crippen MR) is 91.2 cm³/mol. The van der Waals surface area contributed by atoms with Crippen molar-refractivity contribution in [2.45, 2.75) is 31.8 Å². The van der Waals surface area contributed by atoms with Gasteiger partial charge in [0.1, 0.15) is 11.5 Å². The molecule has 1 saturated heterocycles. The summed E-state index contributed by atoms with van der Waals surface area (Å²) in [5.41, 5.74) is 2.12. The lowest BCUT2D eigenvalue weighted by Gasteiger charge is -2.32. The van der Waals surface area contributed by atoms with Crippen LogP contribution in [0, 0.1) is 0 Å². The van der Waals surface area contributed by atoms with Crippen LogP contribution in [0.15, 0.2) is 30.5 Å². The number of hydrogen-bond donors (Lipinski definition) is 2. The maximum absolute atomic E-state index is 10.0. The van der Waals surface area contributed by atoms with Crippen LogP contribution in [0.4, 0.5) is 0 Å². The number of likely N-dealkylation sites (tertiary alicyclic amines) is 1. The van der Waals surface area contributed by atoms with Crippen molar-refractivity contribution in [1.29, 1.82) is 0 Å². The Labute approximate surface area is 142 Å². The van der Waals surface area contributed by atoms with E-state index in [9.17, 15) is 5.11 Å². The number of piperidine rings is 1. The van der Waals surface area contributed by atoms with Gasteiger partial charge < -0.3 is 14.9 Å². The maximum Gasteiger partial charge on any atom is 0.120 e. The zero-order valence-corrected chi connectivity index (χ0v) is 14.1. The van der Waals surface area contributed by atoms with Crippen LogP contribution >= 0.6 is 0 Å². The van der Waals surface area contributed by atoms with Gasteiger partial charge in [0.2, 0.25) is 0 Å². The average Bonchev–Trinajstić information content (AvgIpc) is 3.06. The number of phenolic OH excluding ortho intramolecular Hbond substituents is 1.